The van der Waals surface area contributed by atoms with Gasteiger partial charge in [0.05, 0.1) is 23.5 Å². The molecule has 2 saturated heterocycles. The van der Waals surface area contributed by atoms with Gasteiger partial charge in [-0.3, -0.25) is 19.8 Å². The second kappa shape index (κ2) is 9.67. The minimum atomic E-state index is -0.281. The van der Waals surface area contributed by atoms with Crippen molar-refractivity contribution in [3.8, 4) is 11.1 Å². The van der Waals surface area contributed by atoms with Gasteiger partial charge in [0.2, 0.25) is 0 Å². The van der Waals surface area contributed by atoms with Gasteiger partial charge in [0.15, 0.2) is 5.69 Å². The minimum absolute atomic E-state index is 0.181. The van der Waals surface area contributed by atoms with E-state index in [0.29, 0.717) is 11.4 Å². The number of pyridine rings is 2. The highest BCUT2D eigenvalue weighted by atomic mass is 16.3. The molecule has 2 aliphatic heterocycles. The predicted octanol–water partition coefficient (Wildman–Crippen LogP) is 3.44. The maximum absolute atomic E-state index is 13.1. The number of rotatable bonds is 6. The standard InChI is InChI=1S/C27H29N7O2/c35-22-6-10-33(11-7-22)17-18-12-20(15-28-14-18)19-2-4-24-23(13-19)26(32-31-24)27(36)30-21-3-5-25(29-16-21)34-8-1-9-34/h2-5,12-16,22,35H,1,6-11,17H2,(H,30,36)(H,31,32). The molecular formula is C27H29N7O2. The van der Waals surface area contributed by atoms with Crippen molar-refractivity contribution in [2.24, 2.45) is 0 Å². The van der Waals surface area contributed by atoms with Crippen molar-refractivity contribution >= 4 is 28.3 Å². The molecule has 0 aliphatic carbocycles. The van der Waals surface area contributed by atoms with Gasteiger partial charge in [0, 0.05) is 56.1 Å². The second-order valence-corrected chi connectivity index (χ2v) is 9.62. The SMILES string of the molecule is O=C(Nc1ccc(N2CCC2)nc1)c1n[nH]c2ccc(-c3cncc(CN4CCC(O)CC4)c3)cc12. The highest BCUT2D eigenvalue weighted by molar-refractivity contribution is 6.11. The number of hydrogen-bond acceptors (Lipinski definition) is 7. The molecule has 0 unspecified atom stereocenters. The molecule has 36 heavy (non-hydrogen) atoms. The van der Waals surface area contributed by atoms with Crippen LogP contribution in [-0.2, 0) is 6.54 Å². The van der Waals surface area contributed by atoms with E-state index in [4.69, 9.17) is 0 Å². The van der Waals surface area contributed by atoms with Crippen molar-refractivity contribution in [3.05, 3.63) is 66.2 Å². The number of anilines is 2. The first-order valence-electron chi connectivity index (χ1n) is 12.5. The van der Waals surface area contributed by atoms with Crippen LogP contribution in [0, 0.1) is 0 Å². The van der Waals surface area contributed by atoms with E-state index in [1.54, 1.807) is 6.20 Å². The number of nitrogens with zero attached hydrogens (tertiary/aromatic N) is 5. The maximum atomic E-state index is 13.1. The van der Waals surface area contributed by atoms with Crippen LogP contribution in [0.1, 0.15) is 35.3 Å². The third-order valence-electron chi connectivity index (χ3n) is 7.06. The number of benzene rings is 1. The number of fused-ring (bicyclic) bond motifs is 1. The Labute approximate surface area is 209 Å². The molecular weight excluding hydrogens is 454 g/mol. The van der Waals surface area contributed by atoms with Gasteiger partial charge >= 0.3 is 0 Å². The van der Waals surface area contributed by atoms with Gasteiger partial charge in [-0.1, -0.05) is 6.07 Å². The Bertz CT molecular complexity index is 1370. The number of aromatic amines is 1. The lowest BCUT2D eigenvalue weighted by Crippen LogP contribution is -2.37. The zero-order valence-corrected chi connectivity index (χ0v) is 20.0. The van der Waals surface area contributed by atoms with Gasteiger partial charge in [-0.15, -0.1) is 0 Å². The molecule has 1 amide bonds. The predicted molar refractivity (Wildman–Crippen MR) is 139 cm³/mol. The Morgan fingerprint density at radius 1 is 1.03 bits per heavy atom. The van der Waals surface area contributed by atoms with Crippen molar-refractivity contribution in [1.29, 1.82) is 0 Å². The van der Waals surface area contributed by atoms with Gasteiger partial charge in [-0.2, -0.15) is 5.10 Å². The molecule has 9 nitrogen and oxygen atoms in total. The Hall–Kier alpha value is -3.82. The molecule has 4 aromatic rings. The molecule has 6 rings (SSSR count). The zero-order valence-electron chi connectivity index (χ0n) is 20.0. The van der Waals surface area contributed by atoms with Crippen LogP contribution in [0.25, 0.3) is 22.0 Å². The van der Waals surface area contributed by atoms with E-state index in [0.717, 1.165) is 79.0 Å². The largest absolute Gasteiger partial charge is 0.393 e. The number of amides is 1. The fraction of sp³-hybridized carbons (Fsp3) is 0.333. The monoisotopic (exact) mass is 483 g/mol. The summed E-state index contributed by atoms with van der Waals surface area (Å²) in [5.41, 5.74) is 4.87. The van der Waals surface area contributed by atoms with E-state index in [1.807, 2.05) is 42.7 Å². The Balaban J connectivity index is 1.20. The van der Waals surface area contributed by atoms with Crippen molar-refractivity contribution in [3.63, 3.8) is 0 Å². The van der Waals surface area contributed by atoms with Crippen LogP contribution >= 0.6 is 0 Å². The van der Waals surface area contributed by atoms with E-state index in [-0.39, 0.29) is 12.0 Å². The maximum Gasteiger partial charge on any atom is 0.276 e. The van der Waals surface area contributed by atoms with Gasteiger partial charge in [0.25, 0.3) is 5.91 Å². The average Bonchev–Trinajstić information content (AvgIpc) is 3.29. The number of carbonyl (C=O) groups excluding carboxylic acids is 1. The smallest absolute Gasteiger partial charge is 0.276 e. The van der Waals surface area contributed by atoms with E-state index >= 15 is 0 Å². The van der Waals surface area contributed by atoms with Gasteiger partial charge < -0.3 is 15.3 Å². The lowest BCUT2D eigenvalue weighted by atomic mass is 10.0. The molecule has 3 N–H and O–H groups in total. The number of nitrogens with one attached hydrogen (secondary N) is 2. The van der Waals surface area contributed by atoms with Crippen molar-refractivity contribution < 1.29 is 9.90 Å². The van der Waals surface area contributed by atoms with Crippen LogP contribution in [0.3, 0.4) is 0 Å². The molecule has 184 valence electrons. The first-order chi connectivity index (χ1) is 17.6. The van der Waals surface area contributed by atoms with E-state index in [1.165, 1.54) is 6.42 Å². The lowest BCUT2D eigenvalue weighted by Gasteiger charge is -2.31. The quantitative estimate of drug-likeness (QED) is 0.385. The van der Waals surface area contributed by atoms with E-state index < -0.39 is 0 Å². The third kappa shape index (κ3) is 4.67. The number of piperidine rings is 1. The third-order valence-corrected chi connectivity index (χ3v) is 7.06. The average molecular weight is 484 g/mol. The van der Waals surface area contributed by atoms with Crippen LogP contribution in [0.5, 0.6) is 0 Å². The second-order valence-electron chi connectivity index (χ2n) is 9.62. The van der Waals surface area contributed by atoms with Gasteiger partial charge in [0.1, 0.15) is 5.82 Å². The molecule has 2 aliphatic rings. The summed E-state index contributed by atoms with van der Waals surface area (Å²) in [5.74, 6) is 0.652. The summed E-state index contributed by atoms with van der Waals surface area (Å²) < 4.78 is 0. The molecule has 0 saturated carbocycles. The fourth-order valence-corrected chi connectivity index (χ4v) is 4.82. The first-order valence-corrected chi connectivity index (χ1v) is 12.5. The highest BCUT2D eigenvalue weighted by Gasteiger charge is 2.19. The molecule has 3 aromatic heterocycles. The molecule has 0 atom stereocenters. The highest BCUT2D eigenvalue weighted by Crippen LogP contribution is 2.27. The molecule has 9 heteroatoms. The summed E-state index contributed by atoms with van der Waals surface area (Å²) in [5, 5.41) is 20.7. The number of aliphatic hydroxyl groups excluding tert-OH is 1. The van der Waals surface area contributed by atoms with Crippen molar-refractivity contribution in [2.75, 3.05) is 36.4 Å². The number of hydrogen-bond donors (Lipinski definition) is 3. The Morgan fingerprint density at radius 2 is 1.89 bits per heavy atom. The Kier molecular flexibility index (Phi) is 6.08. The van der Waals surface area contributed by atoms with Gasteiger partial charge in [-0.05, 0) is 60.7 Å². The van der Waals surface area contributed by atoms with Gasteiger partial charge in [-0.25, -0.2) is 4.98 Å². The van der Waals surface area contributed by atoms with Crippen LogP contribution in [-0.4, -0.2) is 68.4 Å². The number of aromatic nitrogens is 4. The Morgan fingerprint density at radius 3 is 2.64 bits per heavy atom. The summed E-state index contributed by atoms with van der Waals surface area (Å²) in [6, 6.07) is 11.9. The van der Waals surface area contributed by atoms with Crippen LogP contribution in [0.4, 0.5) is 11.5 Å². The molecule has 5 heterocycles. The molecule has 0 bridgehead atoms. The zero-order chi connectivity index (χ0) is 24.5. The van der Waals surface area contributed by atoms with Crippen LogP contribution < -0.4 is 10.2 Å². The lowest BCUT2D eigenvalue weighted by molar-refractivity contribution is 0.0792. The topological polar surface area (TPSA) is 110 Å². The molecule has 0 spiro atoms. The summed E-state index contributed by atoms with van der Waals surface area (Å²) in [4.78, 5) is 26.5. The first kappa shape index (κ1) is 22.6. The van der Waals surface area contributed by atoms with E-state index in [2.05, 4.69) is 41.3 Å². The fourth-order valence-electron chi connectivity index (χ4n) is 4.82. The summed E-state index contributed by atoms with van der Waals surface area (Å²) >= 11 is 0. The minimum Gasteiger partial charge on any atom is -0.393 e. The number of H-pyrrole nitrogens is 1. The van der Waals surface area contributed by atoms with Crippen LogP contribution in [0.15, 0.2) is 55.0 Å². The number of carbonyl (C=O) groups is 1. The van der Waals surface area contributed by atoms with E-state index in [9.17, 15) is 9.90 Å². The summed E-state index contributed by atoms with van der Waals surface area (Å²) in [6.07, 6.45) is 8.06. The number of likely N-dealkylation sites (tertiary alicyclic amines) is 1. The molecule has 1 aromatic carbocycles. The van der Waals surface area contributed by atoms with Crippen molar-refractivity contribution in [1.82, 2.24) is 25.1 Å². The normalized spacial score (nSPS) is 16.8. The van der Waals surface area contributed by atoms with Crippen molar-refractivity contribution in [2.45, 2.75) is 31.9 Å². The summed E-state index contributed by atoms with van der Waals surface area (Å²) in [7, 11) is 0. The van der Waals surface area contributed by atoms with Crippen LogP contribution in [0.2, 0.25) is 0 Å². The molecule has 0 radical (unpaired) electrons. The molecule has 2 fully saturated rings. The number of aliphatic hydroxyl groups is 1. The summed E-state index contributed by atoms with van der Waals surface area (Å²) in [6.45, 7) is 4.64.